The summed E-state index contributed by atoms with van der Waals surface area (Å²) in [7, 11) is 0. The van der Waals surface area contributed by atoms with Crippen LogP contribution < -0.4 is 0 Å². The van der Waals surface area contributed by atoms with Crippen LogP contribution in [0.25, 0.3) is 0 Å². The van der Waals surface area contributed by atoms with E-state index in [-0.39, 0.29) is 6.61 Å². The van der Waals surface area contributed by atoms with Gasteiger partial charge in [-0.25, -0.2) is 0 Å². The number of allylic oxidation sites excluding steroid dienone is 1. The molecule has 0 radical (unpaired) electrons. The van der Waals surface area contributed by atoms with E-state index in [1.807, 2.05) is 6.92 Å². The van der Waals surface area contributed by atoms with E-state index in [0.29, 0.717) is 0 Å². The SMILES string of the molecule is C#C/C=C(\CO)SCC. The lowest BCUT2D eigenvalue weighted by molar-refractivity contribution is 0.339. The summed E-state index contributed by atoms with van der Waals surface area (Å²) in [6.45, 7) is 2.08. The predicted molar refractivity (Wildman–Crippen MR) is 42.1 cm³/mol. The Balaban J connectivity index is 3.70. The van der Waals surface area contributed by atoms with Crippen molar-refractivity contribution in [2.45, 2.75) is 6.92 Å². The largest absolute Gasteiger partial charge is 0.391 e. The van der Waals surface area contributed by atoms with E-state index < -0.39 is 0 Å². The molecule has 50 valence electrons. The standard InChI is InChI=1S/C7H10OS/c1-3-5-7(6-8)9-4-2/h1,5,8H,4,6H2,2H3/b7-5+. The highest BCUT2D eigenvalue weighted by Crippen LogP contribution is 2.12. The molecule has 0 unspecified atom stereocenters. The average molecular weight is 142 g/mol. The molecular weight excluding hydrogens is 132 g/mol. The van der Waals surface area contributed by atoms with E-state index in [9.17, 15) is 0 Å². The lowest BCUT2D eigenvalue weighted by atomic mass is 10.5. The second-order valence-electron chi connectivity index (χ2n) is 1.37. The zero-order valence-electron chi connectivity index (χ0n) is 5.42. The normalized spacial score (nSPS) is 11.0. The van der Waals surface area contributed by atoms with Crippen LogP contribution in [0.1, 0.15) is 6.92 Å². The van der Waals surface area contributed by atoms with Gasteiger partial charge in [-0.15, -0.1) is 18.2 Å². The topological polar surface area (TPSA) is 20.2 Å². The van der Waals surface area contributed by atoms with Crippen LogP contribution in [0.3, 0.4) is 0 Å². The Labute approximate surface area is 60.2 Å². The fraction of sp³-hybridized carbons (Fsp3) is 0.429. The smallest absolute Gasteiger partial charge is 0.0746 e. The number of thioether (sulfide) groups is 1. The maximum absolute atomic E-state index is 8.60. The average Bonchev–Trinajstić information content (AvgIpc) is 1.88. The second-order valence-corrected chi connectivity index (χ2v) is 2.76. The van der Waals surface area contributed by atoms with Crippen molar-refractivity contribution in [1.82, 2.24) is 0 Å². The van der Waals surface area contributed by atoms with Crippen molar-refractivity contribution < 1.29 is 5.11 Å². The highest BCUT2D eigenvalue weighted by Gasteiger charge is 1.89. The van der Waals surface area contributed by atoms with Crippen molar-refractivity contribution in [3.63, 3.8) is 0 Å². The van der Waals surface area contributed by atoms with Crippen molar-refractivity contribution in [3.05, 3.63) is 11.0 Å². The Morgan fingerprint density at radius 2 is 2.56 bits per heavy atom. The predicted octanol–water partition coefficient (Wildman–Crippen LogP) is 1.25. The molecule has 2 heteroatoms. The van der Waals surface area contributed by atoms with Crippen LogP contribution in [0.4, 0.5) is 0 Å². The van der Waals surface area contributed by atoms with Gasteiger partial charge >= 0.3 is 0 Å². The number of terminal acetylenes is 1. The van der Waals surface area contributed by atoms with E-state index in [1.165, 1.54) is 0 Å². The maximum Gasteiger partial charge on any atom is 0.0746 e. The van der Waals surface area contributed by atoms with Crippen LogP contribution >= 0.6 is 11.8 Å². The Kier molecular flexibility index (Phi) is 5.49. The summed E-state index contributed by atoms with van der Waals surface area (Å²) in [6.07, 6.45) is 6.58. The van der Waals surface area contributed by atoms with E-state index >= 15 is 0 Å². The summed E-state index contributed by atoms with van der Waals surface area (Å²) in [5.74, 6) is 3.31. The molecule has 0 aromatic heterocycles. The number of rotatable bonds is 3. The van der Waals surface area contributed by atoms with Gasteiger partial charge in [0, 0.05) is 4.91 Å². The van der Waals surface area contributed by atoms with Gasteiger partial charge in [0.1, 0.15) is 0 Å². The maximum atomic E-state index is 8.60. The third kappa shape index (κ3) is 4.14. The molecule has 9 heavy (non-hydrogen) atoms. The number of hydrogen-bond acceptors (Lipinski definition) is 2. The second kappa shape index (κ2) is 5.74. The van der Waals surface area contributed by atoms with Crippen molar-refractivity contribution >= 4 is 11.8 Å². The van der Waals surface area contributed by atoms with Crippen LogP contribution in [-0.4, -0.2) is 17.5 Å². The monoisotopic (exact) mass is 142 g/mol. The van der Waals surface area contributed by atoms with Crippen molar-refractivity contribution in [1.29, 1.82) is 0 Å². The van der Waals surface area contributed by atoms with Gasteiger partial charge in [-0.1, -0.05) is 12.8 Å². The van der Waals surface area contributed by atoms with Crippen LogP contribution in [0.15, 0.2) is 11.0 Å². The van der Waals surface area contributed by atoms with Gasteiger partial charge in [0.05, 0.1) is 6.61 Å². The van der Waals surface area contributed by atoms with Crippen LogP contribution in [0, 0.1) is 12.3 Å². The molecule has 0 atom stereocenters. The minimum Gasteiger partial charge on any atom is -0.391 e. The molecule has 0 spiro atoms. The molecule has 0 aliphatic carbocycles. The molecule has 0 fully saturated rings. The third-order valence-corrected chi connectivity index (χ3v) is 1.64. The van der Waals surface area contributed by atoms with Gasteiger partial charge < -0.3 is 5.11 Å². The van der Waals surface area contributed by atoms with Crippen LogP contribution in [0.5, 0.6) is 0 Å². The molecule has 0 rings (SSSR count). The van der Waals surface area contributed by atoms with E-state index in [0.717, 1.165) is 10.7 Å². The first-order valence-corrected chi connectivity index (χ1v) is 3.72. The molecule has 0 aromatic carbocycles. The summed E-state index contributed by atoms with van der Waals surface area (Å²) >= 11 is 1.57. The minimum absolute atomic E-state index is 0.0582. The first-order valence-electron chi connectivity index (χ1n) is 2.74. The summed E-state index contributed by atoms with van der Waals surface area (Å²) in [4.78, 5) is 0.861. The number of aliphatic hydroxyl groups is 1. The molecule has 0 aliphatic heterocycles. The van der Waals surface area contributed by atoms with E-state index in [1.54, 1.807) is 17.8 Å². The van der Waals surface area contributed by atoms with Crippen LogP contribution in [0.2, 0.25) is 0 Å². The van der Waals surface area contributed by atoms with Gasteiger partial charge in [-0.3, -0.25) is 0 Å². The van der Waals surface area contributed by atoms with Gasteiger partial charge in [0.2, 0.25) is 0 Å². The number of aliphatic hydroxyl groups excluding tert-OH is 1. The van der Waals surface area contributed by atoms with Gasteiger partial charge in [0.15, 0.2) is 0 Å². The third-order valence-electron chi connectivity index (χ3n) is 0.730. The summed E-state index contributed by atoms with van der Waals surface area (Å²) < 4.78 is 0. The molecule has 1 nitrogen and oxygen atoms in total. The minimum atomic E-state index is 0.0582. The van der Waals surface area contributed by atoms with Gasteiger partial charge in [-0.2, -0.15) is 0 Å². The lowest BCUT2D eigenvalue weighted by Crippen LogP contribution is -1.84. The van der Waals surface area contributed by atoms with Crippen molar-refractivity contribution in [2.24, 2.45) is 0 Å². The molecule has 0 aromatic rings. The zero-order valence-corrected chi connectivity index (χ0v) is 6.24. The molecule has 0 saturated heterocycles. The Hall–Kier alpha value is -0.390. The zero-order chi connectivity index (χ0) is 7.11. The lowest BCUT2D eigenvalue weighted by Gasteiger charge is -1.95. The van der Waals surface area contributed by atoms with Crippen molar-refractivity contribution in [2.75, 3.05) is 12.4 Å². The molecular formula is C7H10OS. The molecule has 0 heterocycles. The fourth-order valence-electron chi connectivity index (χ4n) is 0.411. The fourth-order valence-corrected chi connectivity index (χ4v) is 1.02. The highest BCUT2D eigenvalue weighted by atomic mass is 32.2. The first kappa shape index (κ1) is 8.61. The summed E-state index contributed by atoms with van der Waals surface area (Å²) in [5, 5.41) is 8.60. The highest BCUT2D eigenvalue weighted by molar-refractivity contribution is 8.03. The Morgan fingerprint density at radius 3 is 2.89 bits per heavy atom. The molecule has 0 aliphatic rings. The summed E-state index contributed by atoms with van der Waals surface area (Å²) in [6, 6.07) is 0. The molecule has 1 N–H and O–H groups in total. The van der Waals surface area contributed by atoms with Gasteiger partial charge in [-0.05, 0) is 11.8 Å². The molecule has 0 bridgehead atoms. The molecule has 0 saturated carbocycles. The summed E-state index contributed by atoms with van der Waals surface area (Å²) in [5.41, 5.74) is 0. The number of hydrogen-bond donors (Lipinski definition) is 1. The van der Waals surface area contributed by atoms with Crippen LogP contribution in [-0.2, 0) is 0 Å². The van der Waals surface area contributed by atoms with Gasteiger partial charge in [0.25, 0.3) is 0 Å². The Morgan fingerprint density at radius 1 is 1.89 bits per heavy atom. The van der Waals surface area contributed by atoms with Crippen molar-refractivity contribution in [3.8, 4) is 12.3 Å². The quantitative estimate of drug-likeness (QED) is 0.598. The van der Waals surface area contributed by atoms with E-state index in [2.05, 4.69) is 5.92 Å². The first-order chi connectivity index (χ1) is 4.35. The van der Waals surface area contributed by atoms with E-state index in [4.69, 9.17) is 11.5 Å². The molecule has 0 amide bonds. The Bertz CT molecular complexity index is 132.